The van der Waals surface area contributed by atoms with Crippen molar-refractivity contribution < 1.29 is 19.4 Å². The maximum atomic E-state index is 12.2. The molecule has 102 valence electrons. The van der Waals surface area contributed by atoms with Gasteiger partial charge in [0.1, 0.15) is 10.5 Å². The summed E-state index contributed by atoms with van der Waals surface area (Å²) in [5.41, 5.74) is 0.472. The lowest BCUT2D eigenvalue weighted by atomic mass is 10.1. The largest absolute Gasteiger partial charge is 0.508 e. The second kappa shape index (κ2) is 5.13. The van der Waals surface area contributed by atoms with E-state index >= 15 is 0 Å². The fourth-order valence-electron chi connectivity index (χ4n) is 2.11. The molecule has 1 N–H and O–H groups in total. The lowest BCUT2D eigenvalue weighted by Crippen LogP contribution is -2.39. The summed E-state index contributed by atoms with van der Waals surface area (Å²) >= 11 is 4.33. The molecular formula is C13H15NO4S. The predicted molar refractivity (Wildman–Crippen MR) is 72.4 cm³/mol. The number of aromatic hydroxyl groups is 1. The monoisotopic (exact) mass is 281 g/mol. The second-order valence-electron chi connectivity index (χ2n) is 4.55. The van der Waals surface area contributed by atoms with E-state index in [1.807, 2.05) is 0 Å². The van der Waals surface area contributed by atoms with Gasteiger partial charge in [-0.05, 0) is 30.7 Å². The van der Waals surface area contributed by atoms with Crippen LogP contribution in [0.25, 0.3) is 0 Å². The molecule has 1 aromatic carbocycles. The standard InChI is InChI=1S/C13H15NO4S/c1-18-12(17)13(19)6-7-14(8-13)11(16)9-2-4-10(15)5-3-9/h2-5,15,19H,6-8H2,1H3. The minimum Gasteiger partial charge on any atom is -0.508 e. The Morgan fingerprint density at radius 1 is 1.37 bits per heavy atom. The molecule has 0 bridgehead atoms. The van der Waals surface area contributed by atoms with E-state index in [-0.39, 0.29) is 18.2 Å². The molecule has 1 amide bonds. The number of phenolic OH excluding ortho intramolecular Hbond substituents is 1. The molecule has 5 nitrogen and oxygen atoms in total. The van der Waals surface area contributed by atoms with Crippen LogP contribution in [0.15, 0.2) is 24.3 Å². The van der Waals surface area contributed by atoms with Gasteiger partial charge in [-0.1, -0.05) is 0 Å². The Bertz CT molecular complexity index is 502. The molecule has 1 saturated heterocycles. The molecule has 6 heteroatoms. The first-order valence-corrected chi connectivity index (χ1v) is 6.30. The number of esters is 1. The number of nitrogens with zero attached hydrogens (tertiary/aromatic N) is 1. The van der Waals surface area contributed by atoms with Crippen molar-refractivity contribution in [2.45, 2.75) is 11.2 Å². The first-order valence-electron chi connectivity index (χ1n) is 5.85. The molecule has 1 aliphatic heterocycles. The van der Waals surface area contributed by atoms with Crippen molar-refractivity contribution >= 4 is 24.5 Å². The van der Waals surface area contributed by atoms with Gasteiger partial charge in [-0.2, -0.15) is 12.6 Å². The molecule has 19 heavy (non-hydrogen) atoms. The number of rotatable bonds is 2. The maximum absolute atomic E-state index is 12.2. The maximum Gasteiger partial charge on any atom is 0.323 e. The highest BCUT2D eigenvalue weighted by atomic mass is 32.1. The van der Waals surface area contributed by atoms with E-state index < -0.39 is 10.7 Å². The van der Waals surface area contributed by atoms with E-state index in [1.54, 1.807) is 17.0 Å². The van der Waals surface area contributed by atoms with E-state index in [2.05, 4.69) is 12.6 Å². The van der Waals surface area contributed by atoms with E-state index in [0.717, 1.165) is 0 Å². The average Bonchev–Trinajstić information content (AvgIpc) is 2.82. The fraction of sp³-hybridized carbons (Fsp3) is 0.385. The molecule has 1 aliphatic rings. The summed E-state index contributed by atoms with van der Waals surface area (Å²) in [6.07, 6.45) is 0.465. The van der Waals surface area contributed by atoms with E-state index in [4.69, 9.17) is 4.74 Å². The number of phenols is 1. The summed E-state index contributed by atoms with van der Waals surface area (Å²) in [5, 5.41) is 9.19. The van der Waals surface area contributed by atoms with Gasteiger partial charge in [-0.25, -0.2) is 0 Å². The van der Waals surface area contributed by atoms with Crippen LogP contribution in [0.3, 0.4) is 0 Å². The van der Waals surface area contributed by atoms with Crippen LogP contribution in [-0.2, 0) is 9.53 Å². The Balaban J connectivity index is 2.11. The third kappa shape index (κ3) is 2.68. The zero-order valence-corrected chi connectivity index (χ0v) is 11.4. The first kappa shape index (κ1) is 13.7. The first-order chi connectivity index (χ1) is 8.96. The zero-order chi connectivity index (χ0) is 14.0. The molecule has 1 heterocycles. The van der Waals surface area contributed by atoms with E-state index in [0.29, 0.717) is 18.5 Å². The Morgan fingerprint density at radius 2 is 2.00 bits per heavy atom. The lowest BCUT2D eigenvalue weighted by Gasteiger charge is -2.21. The van der Waals surface area contributed by atoms with Gasteiger partial charge in [0.15, 0.2) is 0 Å². The normalized spacial score (nSPS) is 22.3. The van der Waals surface area contributed by atoms with Crippen LogP contribution in [-0.4, -0.2) is 46.8 Å². The van der Waals surface area contributed by atoms with Crippen LogP contribution in [0.2, 0.25) is 0 Å². The average molecular weight is 281 g/mol. The molecule has 1 aromatic rings. The molecule has 0 radical (unpaired) electrons. The predicted octanol–water partition coefficient (Wildman–Crippen LogP) is 1.08. The van der Waals surface area contributed by atoms with Crippen LogP contribution >= 0.6 is 12.6 Å². The van der Waals surface area contributed by atoms with Crippen molar-refractivity contribution in [3.63, 3.8) is 0 Å². The summed E-state index contributed by atoms with van der Waals surface area (Å²) in [5.74, 6) is -0.493. The SMILES string of the molecule is COC(=O)C1(S)CCN(C(=O)c2ccc(O)cc2)C1. The molecule has 1 unspecified atom stereocenters. The summed E-state index contributed by atoms with van der Waals surface area (Å²) in [7, 11) is 1.31. The summed E-state index contributed by atoms with van der Waals surface area (Å²) < 4.78 is 3.77. The van der Waals surface area contributed by atoms with Gasteiger partial charge in [0.2, 0.25) is 0 Å². The van der Waals surface area contributed by atoms with Crippen LogP contribution in [0.1, 0.15) is 16.8 Å². The smallest absolute Gasteiger partial charge is 0.323 e. The Labute approximate surface area is 116 Å². The fourth-order valence-corrected chi connectivity index (χ4v) is 2.47. The van der Waals surface area contributed by atoms with Crippen molar-refractivity contribution in [1.82, 2.24) is 4.90 Å². The van der Waals surface area contributed by atoms with Gasteiger partial charge in [-0.15, -0.1) is 0 Å². The minimum absolute atomic E-state index is 0.107. The number of carbonyl (C=O) groups is 2. The van der Waals surface area contributed by atoms with Gasteiger partial charge in [0.25, 0.3) is 5.91 Å². The third-order valence-electron chi connectivity index (χ3n) is 3.21. The molecule has 0 aromatic heterocycles. The number of carbonyl (C=O) groups excluding carboxylic acids is 2. The molecule has 1 fully saturated rings. The Morgan fingerprint density at radius 3 is 2.58 bits per heavy atom. The zero-order valence-electron chi connectivity index (χ0n) is 10.5. The van der Waals surface area contributed by atoms with Crippen LogP contribution in [0, 0.1) is 0 Å². The molecule has 1 atom stereocenters. The number of thiol groups is 1. The van der Waals surface area contributed by atoms with E-state index in [9.17, 15) is 14.7 Å². The quantitative estimate of drug-likeness (QED) is 0.629. The number of methoxy groups -OCH3 is 1. The Kier molecular flexibility index (Phi) is 3.71. The summed E-state index contributed by atoms with van der Waals surface area (Å²) in [6.45, 7) is 0.681. The number of benzene rings is 1. The van der Waals surface area contributed by atoms with Crippen LogP contribution in [0.5, 0.6) is 5.75 Å². The number of ether oxygens (including phenoxy) is 1. The summed E-state index contributed by atoms with van der Waals surface area (Å²) in [4.78, 5) is 25.4. The highest BCUT2D eigenvalue weighted by Crippen LogP contribution is 2.30. The lowest BCUT2D eigenvalue weighted by molar-refractivity contribution is -0.143. The number of hydrogen-bond donors (Lipinski definition) is 2. The van der Waals surface area contributed by atoms with Crippen molar-refractivity contribution in [3.8, 4) is 5.75 Å². The summed E-state index contributed by atoms with van der Waals surface area (Å²) in [6, 6.07) is 6.01. The van der Waals surface area contributed by atoms with Crippen molar-refractivity contribution in [2.24, 2.45) is 0 Å². The molecule has 0 aliphatic carbocycles. The molecule has 0 spiro atoms. The van der Waals surface area contributed by atoms with Crippen LogP contribution in [0.4, 0.5) is 0 Å². The van der Waals surface area contributed by atoms with Gasteiger partial charge in [-0.3, -0.25) is 9.59 Å². The molecular weight excluding hydrogens is 266 g/mol. The van der Waals surface area contributed by atoms with E-state index in [1.165, 1.54) is 19.2 Å². The van der Waals surface area contributed by atoms with Gasteiger partial charge < -0.3 is 14.7 Å². The Hall–Kier alpha value is -1.69. The third-order valence-corrected chi connectivity index (χ3v) is 3.76. The van der Waals surface area contributed by atoms with Crippen molar-refractivity contribution in [2.75, 3.05) is 20.2 Å². The van der Waals surface area contributed by atoms with Gasteiger partial charge >= 0.3 is 5.97 Å². The molecule has 0 saturated carbocycles. The highest BCUT2D eigenvalue weighted by Gasteiger charge is 2.44. The number of likely N-dealkylation sites (tertiary alicyclic amines) is 1. The molecule has 2 rings (SSSR count). The van der Waals surface area contributed by atoms with Gasteiger partial charge in [0, 0.05) is 18.7 Å². The van der Waals surface area contributed by atoms with Crippen molar-refractivity contribution in [3.05, 3.63) is 29.8 Å². The van der Waals surface area contributed by atoms with Crippen LogP contribution < -0.4 is 0 Å². The van der Waals surface area contributed by atoms with Crippen molar-refractivity contribution in [1.29, 1.82) is 0 Å². The highest BCUT2D eigenvalue weighted by molar-refractivity contribution is 7.82. The van der Waals surface area contributed by atoms with Gasteiger partial charge in [0.05, 0.1) is 7.11 Å². The topological polar surface area (TPSA) is 66.8 Å². The minimum atomic E-state index is -0.929. The number of hydrogen-bond acceptors (Lipinski definition) is 5. The number of amides is 1. The second-order valence-corrected chi connectivity index (χ2v) is 5.40.